The zero-order valence-electron chi connectivity index (χ0n) is 10.8. The summed E-state index contributed by atoms with van der Waals surface area (Å²) in [5, 5.41) is 3.88. The summed E-state index contributed by atoms with van der Waals surface area (Å²) < 4.78 is 0. The van der Waals surface area contributed by atoms with Crippen LogP contribution in [-0.4, -0.2) is 41.5 Å². The van der Waals surface area contributed by atoms with Gasteiger partial charge < -0.3 is 11.1 Å². The van der Waals surface area contributed by atoms with Gasteiger partial charge in [0.1, 0.15) is 0 Å². The van der Waals surface area contributed by atoms with Gasteiger partial charge in [0.05, 0.1) is 6.04 Å². The quantitative estimate of drug-likeness (QED) is 0.777. The number of thioether (sulfide) groups is 2. The Bertz CT molecular complexity index is 231. The lowest BCUT2D eigenvalue weighted by Crippen LogP contribution is -2.46. The Kier molecular flexibility index (Phi) is 7.39. The standard InChI is InChI=1S/C12H24N2OS2/c1-16-8-7-11(13)12(15)14-9-3-5-10(17-2)6-4-9/h9-11H,3-8,13H2,1-2H3,(H,14,15)/t9?,10?,11-/m0/s1. The second kappa shape index (κ2) is 8.27. The summed E-state index contributed by atoms with van der Waals surface area (Å²) in [7, 11) is 0. The molecule has 1 saturated carbocycles. The average molecular weight is 276 g/mol. The largest absolute Gasteiger partial charge is 0.352 e. The molecule has 100 valence electrons. The maximum atomic E-state index is 11.8. The molecule has 0 saturated heterocycles. The number of nitrogens with two attached hydrogens (primary N) is 1. The van der Waals surface area contributed by atoms with Gasteiger partial charge in [-0.2, -0.15) is 23.5 Å². The first kappa shape index (κ1) is 15.2. The summed E-state index contributed by atoms with van der Waals surface area (Å²) >= 11 is 3.68. The highest BCUT2D eigenvalue weighted by Crippen LogP contribution is 2.26. The number of hydrogen-bond donors (Lipinski definition) is 2. The first-order valence-electron chi connectivity index (χ1n) is 6.25. The van der Waals surface area contributed by atoms with Crippen LogP contribution in [0, 0.1) is 0 Å². The van der Waals surface area contributed by atoms with E-state index in [4.69, 9.17) is 5.73 Å². The van der Waals surface area contributed by atoms with Gasteiger partial charge in [-0.05, 0) is 50.4 Å². The average Bonchev–Trinajstić information content (AvgIpc) is 2.36. The van der Waals surface area contributed by atoms with E-state index in [2.05, 4.69) is 11.6 Å². The van der Waals surface area contributed by atoms with Crippen molar-refractivity contribution in [2.75, 3.05) is 18.3 Å². The number of carbonyl (C=O) groups excluding carboxylic acids is 1. The molecule has 0 unspecified atom stereocenters. The van der Waals surface area contributed by atoms with Crippen LogP contribution in [0.25, 0.3) is 0 Å². The molecule has 0 heterocycles. The fourth-order valence-electron chi connectivity index (χ4n) is 2.13. The molecule has 1 amide bonds. The van der Waals surface area contributed by atoms with Crippen molar-refractivity contribution in [2.45, 2.75) is 49.4 Å². The van der Waals surface area contributed by atoms with Crippen molar-refractivity contribution in [1.82, 2.24) is 5.32 Å². The second-order valence-electron chi connectivity index (χ2n) is 4.61. The van der Waals surface area contributed by atoms with Gasteiger partial charge in [0, 0.05) is 11.3 Å². The third-order valence-corrected chi connectivity index (χ3v) is 5.11. The van der Waals surface area contributed by atoms with Crippen LogP contribution in [0.4, 0.5) is 0 Å². The molecular weight excluding hydrogens is 252 g/mol. The van der Waals surface area contributed by atoms with Crippen LogP contribution in [0.15, 0.2) is 0 Å². The molecular formula is C12H24N2OS2. The number of rotatable bonds is 6. The highest BCUT2D eigenvalue weighted by Gasteiger charge is 2.23. The zero-order chi connectivity index (χ0) is 12.7. The molecule has 3 nitrogen and oxygen atoms in total. The van der Waals surface area contributed by atoms with Crippen LogP contribution in [-0.2, 0) is 4.79 Å². The van der Waals surface area contributed by atoms with E-state index in [0.29, 0.717) is 6.04 Å². The Morgan fingerprint density at radius 2 is 2.00 bits per heavy atom. The third kappa shape index (κ3) is 5.53. The summed E-state index contributed by atoms with van der Waals surface area (Å²) in [6.45, 7) is 0. The van der Waals surface area contributed by atoms with Crippen molar-refractivity contribution in [3.8, 4) is 0 Å². The van der Waals surface area contributed by atoms with Crippen LogP contribution in [0.3, 0.4) is 0 Å². The predicted molar refractivity (Wildman–Crippen MR) is 78.7 cm³/mol. The summed E-state index contributed by atoms with van der Waals surface area (Å²) in [6, 6.07) is 0.0203. The van der Waals surface area contributed by atoms with Gasteiger partial charge in [0.25, 0.3) is 0 Å². The minimum absolute atomic E-state index is 0.0339. The van der Waals surface area contributed by atoms with E-state index in [1.807, 2.05) is 18.0 Å². The maximum Gasteiger partial charge on any atom is 0.237 e. The van der Waals surface area contributed by atoms with E-state index < -0.39 is 0 Å². The van der Waals surface area contributed by atoms with Crippen LogP contribution in [0.1, 0.15) is 32.1 Å². The predicted octanol–water partition coefficient (Wildman–Crippen LogP) is 1.86. The van der Waals surface area contributed by atoms with E-state index in [1.54, 1.807) is 11.8 Å². The van der Waals surface area contributed by atoms with E-state index in [-0.39, 0.29) is 11.9 Å². The van der Waals surface area contributed by atoms with Crippen molar-refractivity contribution < 1.29 is 4.79 Å². The van der Waals surface area contributed by atoms with Gasteiger partial charge in [-0.1, -0.05) is 0 Å². The summed E-state index contributed by atoms with van der Waals surface area (Å²) in [5.41, 5.74) is 5.84. The maximum absolute atomic E-state index is 11.8. The number of nitrogens with one attached hydrogen (secondary N) is 1. The Morgan fingerprint density at radius 3 is 2.53 bits per heavy atom. The smallest absolute Gasteiger partial charge is 0.237 e. The summed E-state index contributed by atoms with van der Waals surface area (Å²) in [5.74, 6) is 0.986. The lowest BCUT2D eigenvalue weighted by atomic mass is 9.94. The van der Waals surface area contributed by atoms with Crippen LogP contribution < -0.4 is 11.1 Å². The molecule has 1 atom stereocenters. The molecule has 1 aliphatic carbocycles. The normalized spacial score (nSPS) is 26.5. The Labute approximate surface area is 113 Å². The van der Waals surface area contributed by atoms with Crippen molar-refractivity contribution in [1.29, 1.82) is 0 Å². The van der Waals surface area contributed by atoms with Crippen molar-refractivity contribution in [2.24, 2.45) is 5.73 Å². The minimum atomic E-state index is -0.333. The molecule has 3 N–H and O–H groups in total. The number of amides is 1. The topological polar surface area (TPSA) is 55.1 Å². The fraction of sp³-hybridized carbons (Fsp3) is 0.917. The minimum Gasteiger partial charge on any atom is -0.352 e. The van der Waals surface area contributed by atoms with Gasteiger partial charge in [-0.15, -0.1) is 0 Å². The first-order valence-corrected chi connectivity index (χ1v) is 8.93. The second-order valence-corrected chi connectivity index (χ2v) is 6.73. The molecule has 1 rings (SSSR count). The first-order chi connectivity index (χ1) is 8.17. The molecule has 0 aromatic carbocycles. The zero-order valence-corrected chi connectivity index (χ0v) is 12.4. The van der Waals surface area contributed by atoms with Gasteiger partial charge in [0.15, 0.2) is 0 Å². The molecule has 1 aliphatic rings. The molecule has 0 bridgehead atoms. The van der Waals surface area contributed by atoms with Crippen LogP contribution in [0.5, 0.6) is 0 Å². The monoisotopic (exact) mass is 276 g/mol. The lowest BCUT2D eigenvalue weighted by molar-refractivity contribution is -0.123. The van der Waals surface area contributed by atoms with Gasteiger partial charge in [-0.25, -0.2) is 0 Å². The molecule has 0 spiro atoms. The highest BCUT2D eigenvalue weighted by atomic mass is 32.2. The molecule has 17 heavy (non-hydrogen) atoms. The Morgan fingerprint density at radius 1 is 1.35 bits per heavy atom. The molecule has 0 aromatic heterocycles. The van der Waals surface area contributed by atoms with Gasteiger partial charge in [0.2, 0.25) is 5.91 Å². The molecule has 0 radical (unpaired) electrons. The van der Waals surface area contributed by atoms with E-state index in [9.17, 15) is 4.79 Å². The highest BCUT2D eigenvalue weighted by molar-refractivity contribution is 7.99. The molecule has 5 heteroatoms. The van der Waals surface area contributed by atoms with Gasteiger partial charge in [-0.3, -0.25) is 4.79 Å². The van der Waals surface area contributed by atoms with Gasteiger partial charge >= 0.3 is 0 Å². The van der Waals surface area contributed by atoms with E-state index in [0.717, 1.165) is 30.3 Å². The summed E-state index contributed by atoms with van der Waals surface area (Å²) in [6.07, 6.45) is 9.61. The Balaban J connectivity index is 2.22. The van der Waals surface area contributed by atoms with Crippen molar-refractivity contribution in [3.63, 3.8) is 0 Å². The molecule has 1 fully saturated rings. The molecule has 0 aliphatic heterocycles. The fourth-order valence-corrected chi connectivity index (χ4v) is 3.36. The SMILES string of the molecule is CSCC[C@H](N)C(=O)NC1CCC(SC)CC1. The summed E-state index contributed by atoms with van der Waals surface area (Å²) in [4.78, 5) is 11.8. The lowest BCUT2D eigenvalue weighted by Gasteiger charge is -2.28. The van der Waals surface area contributed by atoms with Crippen LogP contribution >= 0.6 is 23.5 Å². The number of hydrogen-bond acceptors (Lipinski definition) is 4. The van der Waals surface area contributed by atoms with Crippen molar-refractivity contribution >= 4 is 29.4 Å². The molecule has 0 aromatic rings. The third-order valence-electron chi connectivity index (χ3n) is 3.32. The Hall–Kier alpha value is 0.130. The van der Waals surface area contributed by atoms with E-state index >= 15 is 0 Å². The van der Waals surface area contributed by atoms with Crippen molar-refractivity contribution in [3.05, 3.63) is 0 Å². The van der Waals surface area contributed by atoms with Crippen LogP contribution in [0.2, 0.25) is 0 Å². The number of carbonyl (C=O) groups is 1. The van der Waals surface area contributed by atoms with E-state index in [1.165, 1.54) is 12.8 Å².